The molecule has 2 aromatic carbocycles. The second-order valence-corrected chi connectivity index (χ2v) is 5.91. The van der Waals surface area contributed by atoms with Crippen molar-refractivity contribution in [1.82, 2.24) is 10.6 Å². The Morgan fingerprint density at radius 2 is 1.96 bits per heavy atom. The lowest BCUT2D eigenvalue weighted by Gasteiger charge is -2.13. The summed E-state index contributed by atoms with van der Waals surface area (Å²) < 4.78 is 5.69. The van der Waals surface area contributed by atoms with E-state index in [0.717, 1.165) is 10.6 Å². The number of nitrogens with one attached hydrogen (secondary N) is 3. The van der Waals surface area contributed by atoms with Crippen LogP contribution in [0.2, 0.25) is 5.02 Å². The third kappa shape index (κ3) is 6.64. The van der Waals surface area contributed by atoms with Crippen LogP contribution in [-0.4, -0.2) is 32.1 Å². The summed E-state index contributed by atoms with van der Waals surface area (Å²) in [5.74, 6) is 1.25. The first-order valence-corrected chi connectivity index (χ1v) is 8.64. The van der Waals surface area contributed by atoms with Crippen molar-refractivity contribution in [2.24, 2.45) is 4.99 Å². The minimum Gasteiger partial charge on any atom is -0.492 e. The van der Waals surface area contributed by atoms with Gasteiger partial charge in [0, 0.05) is 37.3 Å². The molecule has 0 aliphatic heterocycles. The van der Waals surface area contributed by atoms with Crippen molar-refractivity contribution in [2.75, 3.05) is 25.5 Å². The zero-order valence-corrected chi connectivity index (χ0v) is 15.6. The molecule has 0 radical (unpaired) electrons. The topological polar surface area (TPSA) is 74.8 Å². The summed E-state index contributed by atoms with van der Waals surface area (Å²) in [6.45, 7) is 3.08. The van der Waals surface area contributed by atoms with Crippen LogP contribution in [0.1, 0.15) is 12.5 Å². The van der Waals surface area contributed by atoms with Gasteiger partial charge in [0.1, 0.15) is 12.4 Å². The lowest BCUT2D eigenvalue weighted by atomic mass is 10.2. The summed E-state index contributed by atoms with van der Waals surface area (Å²) in [7, 11) is 1.71. The van der Waals surface area contributed by atoms with Gasteiger partial charge in [0.25, 0.3) is 0 Å². The largest absolute Gasteiger partial charge is 0.492 e. The fourth-order valence-corrected chi connectivity index (χ4v) is 2.45. The van der Waals surface area contributed by atoms with Crippen LogP contribution in [-0.2, 0) is 11.3 Å². The van der Waals surface area contributed by atoms with E-state index in [0.29, 0.717) is 37.1 Å². The molecule has 0 aliphatic rings. The van der Waals surface area contributed by atoms with Gasteiger partial charge in [-0.25, -0.2) is 0 Å². The molecule has 3 N–H and O–H groups in total. The number of aliphatic imine (C=N–C) groups is 1. The molecule has 0 atom stereocenters. The molecule has 0 aliphatic carbocycles. The molecule has 0 saturated heterocycles. The van der Waals surface area contributed by atoms with Crippen LogP contribution < -0.4 is 20.7 Å². The van der Waals surface area contributed by atoms with Crippen molar-refractivity contribution in [2.45, 2.75) is 13.5 Å². The van der Waals surface area contributed by atoms with Gasteiger partial charge in [-0.15, -0.1) is 0 Å². The Bertz CT molecular complexity index is 765. The van der Waals surface area contributed by atoms with Gasteiger partial charge in [-0.2, -0.15) is 0 Å². The highest BCUT2D eigenvalue weighted by Gasteiger charge is 2.02. The number of anilines is 1. The molecule has 138 valence electrons. The maximum atomic E-state index is 11.1. The minimum atomic E-state index is -0.114. The predicted octanol–water partition coefficient (Wildman–Crippen LogP) is 3.04. The van der Waals surface area contributed by atoms with Crippen LogP contribution in [0.4, 0.5) is 5.69 Å². The Kier molecular flexibility index (Phi) is 7.76. The molecule has 2 aromatic rings. The number of halogens is 1. The first-order chi connectivity index (χ1) is 12.6. The summed E-state index contributed by atoms with van der Waals surface area (Å²) in [5, 5.41) is 9.83. The fraction of sp³-hybridized carbons (Fsp3) is 0.263. The van der Waals surface area contributed by atoms with Gasteiger partial charge >= 0.3 is 0 Å². The number of benzene rings is 2. The molecule has 0 unspecified atom stereocenters. The van der Waals surface area contributed by atoms with Crippen LogP contribution >= 0.6 is 11.6 Å². The number of amides is 1. The van der Waals surface area contributed by atoms with E-state index in [9.17, 15) is 4.79 Å². The van der Waals surface area contributed by atoms with E-state index in [1.165, 1.54) is 6.92 Å². The van der Waals surface area contributed by atoms with E-state index < -0.39 is 0 Å². The second-order valence-electron chi connectivity index (χ2n) is 5.50. The van der Waals surface area contributed by atoms with Gasteiger partial charge in [0.2, 0.25) is 5.91 Å². The predicted molar refractivity (Wildman–Crippen MR) is 106 cm³/mol. The van der Waals surface area contributed by atoms with Crippen LogP contribution in [0.25, 0.3) is 0 Å². The lowest BCUT2D eigenvalue weighted by Crippen LogP contribution is -2.38. The van der Waals surface area contributed by atoms with Crippen molar-refractivity contribution in [3.63, 3.8) is 0 Å². The number of ether oxygens (including phenoxy) is 1. The highest BCUT2D eigenvalue weighted by atomic mass is 35.5. The van der Waals surface area contributed by atoms with Crippen molar-refractivity contribution in [1.29, 1.82) is 0 Å². The molecular weight excluding hydrogens is 352 g/mol. The maximum absolute atomic E-state index is 11.1. The third-order valence-corrected chi connectivity index (χ3v) is 3.81. The Morgan fingerprint density at radius 1 is 1.15 bits per heavy atom. The Labute approximate surface area is 158 Å². The normalized spacial score (nSPS) is 11.0. The molecule has 0 fully saturated rings. The van der Waals surface area contributed by atoms with Gasteiger partial charge < -0.3 is 20.7 Å². The summed E-state index contributed by atoms with van der Waals surface area (Å²) in [4.78, 5) is 15.3. The molecule has 0 spiro atoms. The number of hydrogen-bond acceptors (Lipinski definition) is 3. The fourth-order valence-electron chi connectivity index (χ4n) is 2.25. The zero-order chi connectivity index (χ0) is 18.8. The van der Waals surface area contributed by atoms with Gasteiger partial charge in [0.15, 0.2) is 5.96 Å². The number of nitrogens with zero attached hydrogens (tertiary/aromatic N) is 1. The van der Waals surface area contributed by atoms with E-state index >= 15 is 0 Å². The molecule has 6 nitrogen and oxygen atoms in total. The highest BCUT2D eigenvalue weighted by Crippen LogP contribution is 2.17. The van der Waals surface area contributed by atoms with Crippen molar-refractivity contribution in [3.8, 4) is 5.75 Å². The molecule has 0 heterocycles. The zero-order valence-electron chi connectivity index (χ0n) is 14.9. The van der Waals surface area contributed by atoms with Crippen LogP contribution in [0.5, 0.6) is 5.75 Å². The molecule has 0 aromatic heterocycles. The highest BCUT2D eigenvalue weighted by molar-refractivity contribution is 6.31. The maximum Gasteiger partial charge on any atom is 0.221 e. The second kappa shape index (κ2) is 10.3. The molecule has 0 bridgehead atoms. The number of carbonyl (C=O) groups excluding carboxylic acids is 1. The van der Waals surface area contributed by atoms with Crippen molar-refractivity contribution < 1.29 is 9.53 Å². The summed E-state index contributed by atoms with van der Waals surface area (Å²) in [5.41, 5.74) is 1.71. The van der Waals surface area contributed by atoms with Gasteiger partial charge in [-0.1, -0.05) is 35.9 Å². The third-order valence-electron chi connectivity index (χ3n) is 3.45. The van der Waals surface area contributed by atoms with Crippen molar-refractivity contribution in [3.05, 3.63) is 59.1 Å². The Balaban J connectivity index is 1.74. The first kappa shape index (κ1) is 19.6. The van der Waals surface area contributed by atoms with Gasteiger partial charge in [-0.3, -0.25) is 9.79 Å². The molecule has 1 amide bonds. The standard InChI is InChI=1S/C19H23ClN4O2/c1-14(25)24-16-7-5-8-17(12-16)26-11-10-22-19(21-2)23-13-15-6-3-4-9-18(15)20/h3-9,12H,10-11,13H2,1-2H3,(H,24,25)(H2,21,22,23). The number of guanidine groups is 1. The number of rotatable bonds is 7. The van der Waals surface area contributed by atoms with E-state index in [-0.39, 0.29) is 5.91 Å². The average Bonchev–Trinajstić information content (AvgIpc) is 2.62. The summed E-state index contributed by atoms with van der Waals surface area (Å²) in [6, 6.07) is 14.9. The quantitative estimate of drug-likeness (QED) is 0.395. The van der Waals surface area contributed by atoms with E-state index in [1.807, 2.05) is 42.5 Å². The van der Waals surface area contributed by atoms with Crippen LogP contribution in [0, 0.1) is 0 Å². The molecule has 2 rings (SSSR count). The smallest absolute Gasteiger partial charge is 0.221 e. The Hall–Kier alpha value is -2.73. The number of hydrogen-bond donors (Lipinski definition) is 3. The van der Waals surface area contributed by atoms with Gasteiger partial charge in [-0.05, 0) is 23.8 Å². The van der Waals surface area contributed by atoms with Crippen LogP contribution in [0.3, 0.4) is 0 Å². The summed E-state index contributed by atoms with van der Waals surface area (Å²) in [6.07, 6.45) is 0. The SMILES string of the molecule is CN=C(NCCOc1cccc(NC(C)=O)c1)NCc1ccccc1Cl. The molecular formula is C19H23ClN4O2. The molecule has 0 saturated carbocycles. The van der Waals surface area contributed by atoms with Crippen molar-refractivity contribution >= 4 is 29.2 Å². The Morgan fingerprint density at radius 3 is 2.69 bits per heavy atom. The molecule has 7 heteroatoms. The van der Waals surface area contributed by atoms with E-state index in [1.54, 1.807) is 13.1 Å². The van der Waals surface area contributed by atoms with E-state index in [4.69, 9.17) is 16.3 Å². The minimum absolute atomic E-state index is 0.114. The monoisotopic (exact) mass is 374 g/mol. The van der Waals surface area contributed by atoms with E-state index in [2.05, 4.69) is 20.9 Å². The summed E-state index contributed by atoms with van der Waals surface area (Å²) >= 11 is 6.14. The van der Waals surface area contributed by atoms with Gasteiger partial charge in [0.05, 0.1) is 6.54 Å². The molecule has 26 heavy (non-hydrogen) atoms. The lowest BCUT2D eigenvalue weighted by molar-refractivity contribution is -0.114. The van der Waals surface area contributed by atoms with Crippen LogP contribution in [0.15, 0.2) is 53.5 Å². The number of carbonyl (C=O) groups is 1. The first-order valence-electron chi connectivity index (χ1n) is 8.27. The average molecular weight is 375 g/mol.